The zero-order valence-electron chi connectivity index (χ0n) is 14.4. The lowest BCUT2D eigenvalue weighted by atomic mass is 10.1. The molecule has 146 valence electrons. The maximum atomic E-state index is 13.8. The highest BCUT2D eigenvalue weighted by Crippen LogP contribution is 2.30. The summed E-state index contributed by atoms with van der Waals surface area (Å²) in [5.74, 6) is -2.59. The van der Waals surface area contributed by atoms with Crippen molar-refractivity contribution < 1.29 is 25.6 Å². The number of hydrogen-bond acceptors (Lipinski definition) is 4. The number of rotatable bonds is 4. The van der Waals surface area contributed by atoms with Crippen LogP contribution in [0.1, 0.15) is 22.8 Å². The number of halogens is 2. The van der Waals surface area contributed by atoms with Crippen molar-refractivity contribution in [3.8, 4) is 0 Å². The molecule has 1 aliphatic heterocycles. The number of nitrogens with zero attached hydrogens (tertiary/aromatic N) is 1. The van der Waals surface area contributed by atoms with Crippen LogP contribution in [0.5, 0.6) is 0 Å². The molecule has 1 unspecified atom stereocenters. The number of sulfonamides is 1. The van der Waals surface area contributed by atoms with E-state index in [0.717, 1.165) is 22.5 Å². The Morgan fingerprint density at radius 3 is 2.44 bits per heavy atom. The molecule has 0 aromatic heterocycles. The molecule has 9 heteroatoms. The molecular weight excluding hydrogens is 396 g/mol. The fourth-order valence-electron chi connectivity index (χ4n) is 3.19. The van der Waals surface area contributed by atoms with Crippen LogP contribution in [0, 0.1) is 11.6 Å². The van der Waals surface area contributed by atoms with Crippen molar-refractivity contribution in [2.75, 3.05) is 18.8 Å². The average Bonchev–Trinajstić information content (AvgIpc) is 2.77. The summed E-state index contributed by atoms with van der Waals surface area (Å²) in [6.45, 7) is -0.205. The third-order valence-corrected chi connectivity index (χ3v) is 8.56. The van der Waals surface area contributed by atoms with Crippen molar-refractivity contribution in [1.29, 1.82) is 0 Å². The van der Waals surface area contributed by atoms with Crippen LogP contribution >= 0.6 is 0 Å². The van der Waals surface area contributed by atoms with Crippen LogP contribution in [0.3, 0.4) is 0 Å². The highest BCUT2D eigenvalue weighted by Gasteiger charge is 2.35. The van der Waals surface area contributed by atoms with Crippen molar-refractivity contribution in [3.05, 3.63) is 71.3 Å². The molecule has 0 bridgehead atoms. The maximum absolute atomic E-state index is 13.8. The molecule has 1 aliphatic rings. The zero-order chi connectivity index (χ0) is 19.7. The summed E-state index contributed by atoms with van der Waals surface area (Å²) >= 11 is 0. The second-order valence-corrected chi connectivity index (χ2v) is 10.7. The molecule has 0 saturated carbocycles. The van der Waals surface area contributed by atoms with Crippen molar-refractivity contribution in [2.24, 2.45) is 0 Å². The van der Waals surface area contributed by atoms with Crippen LogP contribution in [0.15, 0.2) is 48.5 Å². The summed E-state index contributed by atoms with van der Waals surface area (Å²) in [6, 6.07) is 11.3. The Balaban J connectivity index is 1.83. The van der Waals surface area contributed by atoms with E-state index in [4.69, 9.17) is 0 Å². The third kappa shape index (κ3) is 4.53. The van der Waals surface area contributed by atoms with Gasteiger partial charge in [-0.2, -0.15) is 0 Å². The number of sulfone groups is 1. The monoisotopic (exact) mass is 415 g/mol. The van der Waals surface area contributed by atoms with Gasteiger partial charge in [-0.3, -0.25) is 0 Å². The second-order valence-electron chi connectivity index (χ2n) is 6.45. The van der Waals surface area contributed by atoms with Crippen molar-refractivity contribution in [2.45, 2.75) is 17.4 Å². The molecule has 0 amide bonds. The summed E-state index contributed by atoms with van der Waals surface area (Å²) < 4.78 is 78.7. The maximum Gasteiger partial charge on any atom is 0.218 e. The van der Waals surface area contributed by atoms with E-state index < -0.39 is 42.5 Å². The van der Waals surface area contributed by atoms with Gasteiger partial charge in [-0.25, -0.2) is 29.9 Å². The Morgan fingerprint density at radius 2 is 1.74 bits per heavy atom. The molecule has 3 rings (SSSR count). The van der Waals surface area contributed by atoms with Gasteiger partial charge in [0.2, 0.25) is 10.0 Å². The van der Waals surface area contributed by atoms with Gasteiger partial charge in [-0.05, 0) is 30.2 Å². The molecule has 0 radical (unpaired) electrons. The minimum Gasteiger partial charge on any atom is -0.228 e. The molecule has 2 aromatic carbocycles. The molecule has 1 saturated heterocycles. The summed E-state index contributed by atoms with van der Waals surface area (Å²) in [6.07, 6.45) is 0.108. The highest BCUT2D eigenvalue weighted by molar-refractivity contribution is 7.91. The normalized spacial score (nSPS) is 20.9. The van der Waals surface area contributed by atoms with E-state index >= 15 is 0 Å². The van der Waals surface area contributed by atoms with Crippen molar-refractivity contribution in [1.82, 2.24) is 4.31 Å². The van der Waals surface area contributed by atoms with Gasteiger partial charge in [0.15, 0.2) is 9.84 Å². The van der Waals surface area contributed by atoms with Crippen LogP contribution in [0.25, 0.3) is 0 Å². The van der Waals surface area contributed by atoms with Crippen LogP contribution < -0.4 is 0 Å². The Kier molecular flexibility index (Phi) is 5.64. The lowest BCUT2D eigenvalue weighted by Crippen LogP contribution is -2.34. The van der Waals surface area contributed by atoms with Gasteiger partial charge >= 0.3 is 0 Å². The Bertz CT molecular complexity index is 1020. The fraction of sp³-hybridized carbons (Fsp3) is 0.333. The number of hydrogen-bond donors (Lipinski definition) is 0. The van der Waals surface area contributed by atoms with Gasteiger partial charge in [0, 0.05) is 18.7 Å². The van der Waals surface area contributed by atoms with Crippen LogP contribution in [-0.2, 0) is 25.6 Å². The molecule has 2 aromatic rings. The summed E-state index contributed by atoms with van der Waals surface area (Å²) in [4.78, 5) is 0. The van der Waals surface area contributed by atoms with Crippen molar-refractivity contribution in [3.63, 3.8) is 0 Å². The first kappa shape index (κ1) is 19.9. The van der Waals surface area contributed by atoms with Gasteiger partial charge in [0.25, 0.3) is 0 Å². The van der Waals surface area contributed by atoms with Gasteiger partial charge in [0.1, 0.15) is 11.6 Å². The first-order valence-corrected chi connectivity index (χ1v) is 11.7. The van der Waals surface area contributed by atoms with Gasteiger partial charge < -0.3 is 0 Å². The lowest BCUT2D eigenvalue weighted by molar-refractivity contribution is 0.426. The predicted octanol–water partition coefficient (Wildman–Crippen LogP) is 2.66. The van der Waals surface area contributed by atoms with E-state index in [1.807, 2.05) is 0 Å². The summed E-state index contributed by atoms with van der Waals surface area (Å²) in [5, 5.41) is -0.787. The predicted molar refractivity (Wildman–Crippen MR) is 98.1 cm³/mol. The fourth-order valence-corrected chi connectivity index (χ4v) is 6.65. The van der Waals surface area contributed by atoms with E-state index in [0.29, 0.717) is 5.56 Å². The molecule has 0 spiro atoms. The van der Waals surface area contributed by atoms with E-state index in [9.17, 15) is 25.6 Å². The zero-order valence-corrected chi connectivity index (χ0v) is 16.0. The lowest BCUT2D eigenvalue weighted by Gasteiger charge is -2.20. The van der Waals surface area contributed by atoms with Crippen LogP contribution in [0.4, 0.5) is 8.78 Å². The van der Waals surface area contributed by atoms with Crippen LogP contribution in [-0.4, -0.2) is 40.0 Å². The molecule has 1 atom stereocenters. The molecule has 0 N–H and O–H groups in total. The van der Waals surface area contributed by atoms with Gasteiger partial charge in [-0.1, -0.05) is 30.3 Å². The molecule has 1 fully saturated rings. The first-order chi connectivity index (χ1) is 12.7. The van der Waals surface area contributed by atoms with E-state index in [-0.39, 0.29) is 30.8 Å². The highest BCUT2D eigenvalue weighted by atomic mass is 32.2. The Labute approximate surface area is 157 Å². The standard InChI is InChI=1S/C18H19F2NO4S2/c19-16-6-7-17(20)15(12-16)13-27(24,25)21-9-8-18(26(22,23)11-10-21)14-4-2-1-3-5-14/h1-7,12,18H,8-11,13H2. The van der Waals surface area contributed by atoms with Gasteiger partial charge in [0.05, 0.1) is 16.8 Å². The average molecular weight is 415 g/mol. The van der Waals surface area contributed by atoms with E-state index in [1.165, 1.54) is 0 Å². The quantitative estimate of drug-likeness (QED) is 0.770. The van der Waals surface area contributed by atoms with E-state index in [1.54, 1.807) is 30.3 Å². The summed E-state index contributed by atoms with van der Waals surface area (Å²) in [7, 11) is -7.53. The second kappa shape index (κ2) is 7.65. The SMILES string of the molecule is O=S1(=O)CCN(S(=O)(=O)Cc2cc(F)ccc2F)CCC1c1ccccc1. The van der Waals surface area contributed by atoms with Crippen molar-refractivity contribution >= 4 is 19.9 Å². The molecule has 27 heavy (non-hydrogen) atoms. The molecular formula is C18H19F2NO4S2. The van der Waals surface area contributed by atoms with Gasteiger partial charge in [-0.15, -0.1) is 0 Å². The van der Waals surface area contributed by atoms with Crippen LogP contribution in [0.2, 0.25) is 0 Å². The largest absolute Gasteiger partial charge is 0.228 e. The summed E-state index contributed by atoms with van der Waals surface area (Å²) in [5.41, 5.74) is 0.342. The minimum absolute atomic E-state index is 0.00193. The Hall–Kier alpha value is -1.84. The topological polar surface area (TPSA) is 71.5 Å². The first-order valence-electron chi connectivity index (χ1n) is 8.37. The third-order valence-electron chi connectivity index (χ3n) is 4.61. The minimum atomic E-state index is -3.99. The van der Waals surface area contributed by atoms with E-state index in [2.05, 4.69) is 0 Å². The molecule has 5 nitrogen and oxygen atoms in total. The smallest absolute Gasteiger partial charge is 0.218 e. The number of benzene rings is 2. The molecule has 0 aliphatic carbocycles. The Morgan fingerprint density at radius 1 is 1.04 bits per heavy atom. The molecule has 1 heterocycles.